The number of ether oxygens (including phenoxy) is 1. The molecule has 1 aliphatic heterocycles. The van der Waals surface area contributed by atoms with Gasteiger partial charge >= 0.3 is 0 Å². The first-order valence-corrected chi connectivity index (χ1v) is 9.69. The van der Waals surface area contributed by atoms with Gasteiger partial charge in [0.2, 0.25) is 11.8 Å². The fourth-order valence-corrected chi connectivity index (χ4v) is 4.01. The van der Waals surface area contributed by atoms with Crippen LogP contribution < -0.4 is 4.74 Å². The predicted octanol–water partition coefficient (Wildman–Crippen LogP) is 3.51. The maximum Gasteiger partial charge on any atom is 0.233 e. The SMILES string of the molecule is CC1=C(COc2cncc(C#N)n2)CC1C(=O)N1CC(F)CC1c1cccc(F)c1. The molecule has 0 saturated carbocycles. The molecule has 1 aliphatic carbocycles. The summed E-state index contributed by atoms with van der Waals surface area (Å²) in [6.45, 7) is 2.13. The van der Waals surface area contributed by atoms with E-state index in [1.54, 1.807) is 12.1 Å². The number of aromatic nitrogens is 2. The zero-order chi connectivity index (χ0) is 21.3. The summed E-state index contributed by atoms with van der Waals surface area (Å²) in [6, 6.07) is 7.44. The Morgan fingerprint density at radius 2 is 2.23 bits per heavy atom. The van der Waals surface area contributed by atoms with Crippen LogP contribution in [0.25, 0.3) is 0 Å². The van der Waals surface area contributed by atoms with Crippen molar-refractivity contribution in [3.63, 3.8) is 0 Å². The third-order valence-electron chi connectivity index (χ3n) is 5.72. The first-order chi connectivity index (χ1) is 14.5. The molecule has 1 amide bonds. The molecule has 0 radical (unpaired) electrons. The lowest BCUT2D eigenvalue weighted by atomic mass is 9.77. The van der Waals surface area contributed by atoms with Crippen LogP contribution in [0.1, 0.15) is 37.1 Å². The van der Waals surface area contributed by atoms with Crippen molar-refractivity contribution in [2.45, 2.75) is 32.0 Å². The second-order valence-corrected chi connectivity index (χ2v) is 7.58. The molecule has 6 nitrogen and oxygen atoms in total. The van der Waals surface area contributed by atoms with Crippen LogP contribution in [-0.4, -0.2) is 40.1 Å². The molecule has 2 aromatic rings. The minimum absolute atomic E-state index is 0.0200. The molecule has 1 aromatic heterocycles. The number of alkyl halides is 1. The van der Waals surface area contributed by atoms with Crippen molar-refractivity contribution < 1.29 is 18.3 Å². The van der Waals surface area contributed by atoms with Crippen molar-refractivity contribution in [2.75, 3.05) is 13.2 Å². The maximum absolute atomic E-state index is 14.1. The maximum atomic E-state index is 14.1. The number of halogens is 2. The molecule has 8 heteroatoms. The number of hydrogen-bond donors (Lipinski definition) is 0. The normalized spacial score (nSPS) is 23.1. The van der Waals surface area contributed by atoms with Gasteiger partial charge in [0.15, 0.2) is 5.69 Å². The molecule has 3 atom stereocenters. The standard InChI is InChI=1S/C22H20F2N4O2/c1-13-15(12-30-21-10-26-9-18(8-25)27-21)6-19(13)22(29)28-11-17(24)7-20(28)14-3-2-4-16(23)5-14/h2-5,9-10,17,19-20H,6-7,11-12H2,1H3. The van der Waals surface area contributed by atoms with Crippen molar-refractivity contribution >= 4 is 5.91 Å². The summed E-state index contributed by atoms with van der Waals surface area (Å²) in [4.78, 5) is 22.5. The second kappa shape index (κ2) is 8.19. The lowest BCUT2D eigenvalue weighted by Gasteiger charge is -2.35. The van der Waals surface area contributed by atoms with E-state index in [0.29, 0.717) is 12.0 Å². The Bertz CT molecular complexity index is 1050. The number of nitrogens with zero attached hydrogens (tertiary/aromatic N) is 4. The highest BCUT2D eigenvalue weighted by molar-refractivity contribution is 5.84. The summed E-state index contributed by atoms with van der Waals surface area (Å²) in [5.74, 6) is -0.626. The minimum atomic E-state index is -1.12. The molecule has 30 heavy (non-hydrogen) atoms. The quantitative estimate of drug-likeness (QED) is 0.705. The van der Waals surface area contributed by atoms with E-state index in [2.05, 4.69) is 9.97 Å². The second-order valence-electron chi connectivity index (χ2n) is 7.58. The summed E-state index contributed by atoms with van der Waals surface area (Å²) >= 11 is 0. The van der Waals surface area contributed by atoms with Gasteiger partial charge in [-0.15, -0.1) is 0 Å². The highest BCUT2D eigenvalue weighted by Gasteiger charge is 2.42. The Kier molecular flexibility index (Phi) is 5.44. The summed E-state index contributed by atoms with van der Waals surface area (Å²) in [5.41, 5.74) is 2.64. The summed E-state index contributed by atoms with van der Waals surface area (Å²) in [5, 5.41) is 8.87. The number of amides is 1. The van der Waals surface area contributed by atoms with Gasteiger partial charge in [-0.05, 0) is 36.6 Å². The highest BCUT2D eigenvalue weighted by atomic mass is 19.1. The molecule has 1 saturated heterocycles. The fraction of sp³-hybridized carbons (Fsp3) is 0.364. The average molecular weight is 410 g/mol. The number of benzene rings is 1. The molecule has 2 heterocycles. The van der Waals surface area contributed by atoms with Gasteiger partial charge in [-0.1, -0.05) is 17.7 Å². The lowest BCUT2D eigenvalue weighted by Crippen LogP contribution is -2.40. The summed E-state index contributed by atoms with van der Waals surface area (Å²) in [7, 11) is 0. The van der Waals surface area contributed by atoms with E-state index in [-0.39, 0.29) is 43.0 Å². The van der Waals surface area contributed by atoms with Crippen LogP contribution in [0.15, 0.2) is 47.8 Å². The number of nitriles is 1. The largest absolute Gasteiger partial charge is 0.472 e. The van der Waals surface area contributed by atoms with Crippen molar-refractivity contribution in [3.05, 3.63) is 64.9 Å². The number of carbonyl (C=O) groups is 1. The third-order valence-corrected chi connectivity index (χ3v) is 5.72. The molecule has 3 unspecified atom stereocenters. The Morgan fingerprint density at radius 1 is 1.40 bits per heavy atom. The third kappa shape index (κ3) is 3.88. The molecular weight excluding hydrogens is 390 g/mol. The highest BCUT2D eigenvalue weighted by Crippen LogP contribution is 2.41. The first kappa shape index (κ1) is 20.0. The topological polar surface area (TPSA) is 79.1 Å². The number of rotatable bonds is 5. The van der Waals surface area contributed by atoms with Crippen molar-refractivity contribution in [1.29, 1.82) is 5.26 Å². The Morgan fingerprint density at radius 3 is 2.97 bits per heavy atom. The van der Waals surface area contributed by atoms with Gasteiger partial charge < -0.3 is 9.64 Å². The fourth-order valence-electron chi connectivity index (χ4n) is 4.01. The molecule has 1 aromatic carbocycles. The number of carbonyl (C=O) groups excluding carboxylic acids is 1. The van der Waals surface area contributed by atoms with E-state index in [1.807, 2.05) is 13.0 Å². The van der Waals surface area contributed by atoms with E-state index in [0.717, 1.165) is 11.1 Å². The average Bonchev–Trinajstić information content (AvgIpc) is 3.14. The van der Waals surface area contributed by atoms with Gasteiger partial charge in [-0.3, -0.25) is 9.78 Å². The lowest BCUT2D eigenvalue weighted by molar-refractivity contribution is -0.136. The van der Waals surface area contributed by atoms with Gasteiger partial charge in [0.1, 0.15) is 24.7 Å². The van der Waals surface area contributed by atoms with Crippen molar-refractivity contribution in [2.24, 2.45) is 5.92 Å². The summed E-state index contributed by atoms with van der Waals surface area (Å²) in [6.07, 6.45) is 2.33. The Hall–Kier alpha value is -3.34. The van der Waals surface area contributed by atoms with Crippen LogP contribution in [0.5, 0.6) is 5.88 Å². The zero-order valence-electron chi connectivity index (χ0n) is 16.4. The first-order valence-electron chi connectivity index (χ1n) is 9.69. The minimum Gasteiger partial charge on any atom is -0.472 e. The number of likely N-dealkylation sites (tertiary alicyclic amines) is 1. The molecule has 0 N–H and O–H groups in total. The molecule has 4 rings (SSSR count). The van der Waals surface area contributed by atoms with Crippen LogP contribution in [0.4, 0.5) is 8.78 Å². The van der Waals surface area contributed by atoms with Crippen molar-refractivity contribution in [3.8, 4) is 11.9 Å². The van der Waals surface area contributed by atoms with E-state index in [9.17, 15) is 13.6 Å². The molecule has 154 valence electrons. The monoisotopic (exact) mass is 410 g/mol. The van der Waals surface area contributed by atoms with Gasteiger partial charge in [-0.25, -0.2) is 8.78 Å². The molecule has 0 bridgehead atoms. The van der Waals surface area contributed by atoms with Gasteiger partial charge in [-0.2, -0.15) is 10.2 Å². The van der Waals surface area contributed by atoms with Crippen LogP contribution in [0, 0.1) is 23.1 Å². The van der Waals surface area contributed by atoms with E-state index in [4.69, 9.17) is 10.00 Å². The van der Waals surface area contributed by atoms with Crippen LogP contribution in [-0.2, 0) is 4.79 Å². The molecule has 1 fully saturated rings. The van der Waals surface area contributed by atoms with Crippen LogP contribution in [0.3, 0.4) is 0 Å². The van der Waals surface area contributed by atoms with E-state index in [1.165, 1.54) is 29.4 Å². The Balaban J connectivity index is 1.43. The van der Waals surface area contributed by atoms with Crippen LogP contribution in [0.2, 0.25) is 0 Å². The van der Waals surface area contributed by atoms with Crippen LogP contribution >= 0.6 is 0 Å². The summed E-state index contributed by atoms with van der Waals surface area (Å²) < 4.78 is 33.4. The smallest absolute Gasteiger partial charge is 0.233 e. The Labute approximate surface area is 172 Å². The van der Waals surface area contributed by atoms with Gasteiger partial charge in [0.25, 0.3) is 0 Å². The van der Waals surface area contributed by atoms with Crippen molar-refractivity contribution in [1.82, 2.24) is 14.9 Å². The van der Waals surface area contributed by atoms with Gasteiger partial charge in [0.05, 0.1) is 30.9 Å². The predicted molar refractivity (Wildman–Crippen MR) is 103 cm³/mol. The zero-order valence-corrected chi connectivity index (χ0v) is 16.4. The van der Waals surface area contributed by atoms with Gasteiger partial charge in [0, 0.05) is 6.42 Å². The molecule has 0 spiro atoms. The molecular formula is C22H20F2N4O2. The number of hydrogen-bond acceptors (Lipinski definition) is 5. The molecule has 2 aliphatic rings. The van der Waals surface area contributed by atoms with E-state index >= 15 is 0 Å². The van der Waals surface area contributed by atoms with E-state index < -0.39 is 18.0 Å².